The van der Waals surface area contributed by atoms with E-state index < -0.39 is 37.6 Å². The summed E-state index contributed by atoms with van der Waals surface area (Å²) in [6, 6.07) is 2.92. The first kappa shape index (κ1) is 37.7. The molecule has 296 valence electrons. The molecule has 2 fully saturated rings. The molecule has 8 rings (SSSR count). The minimum Gasteiger partial charge on any atom is -0.350 e. The van der Waals surface area contributed by atoms with E-state index in [-0.39, 0.29) is 41.1 Å². The Hall–Kier alpha value is -4.18. The van der Waals surface area contributed by atoms with Crippen molar-refractivity contribution >= 4 is 55.3 Å². The summed E-state index contributed by atoms with van der Waals surface area (Å²) in [5.74, 6) is -1.02. The number of aryl methyl sites for hydroxylation is 3. The van der Waals surface area contributed by atoms with Crippen molar-refractivity contribution in [2.45, 2.75) is 109 Å². The number of likely N-dealkylation sites (tertiary alicyclic amines) is 1. The Labute approximate surface area is 322 Å². The van der Waals surface area contributed by atoms with Crippen molar-refractivity contribution in [1.82, 2.24) is 19.7 Å². The van der Waals surface area contributed by atoms with Crippen LogP contribution in [-0.2, 0) is 74.6 Å². The third kappa shape index (κ3) is 7.80. The van der Waals surface area contributed by atoms with Gasteiger partial charge in [0.2, 0.25) is 31.9 Å². The van der Waals surface area contributed by atoms with Gasteiger partial charge < -0.3 is 20.9 Å². The summed E-state index contributed by atoms with van der Waals surface area (Å²) in [7, 11) is -8.00. The number of hydrogen-bond donors (Lipinski definition) is 5. The number of fused-ring (bicyclic) bond motifs is 4. The molecule has 0 aromatic heterocycles. The minimum absolute atomic E-state index is 0.0765. The maximum atomic E-state index is 13.5. The number of sulfonamides is 2. The molecular formula is C39H50N6O8S2. The van der Waals surface area contributed by atoms with Gasteiger partial charge in [-0.25, -0.2) is 35.9 Å². The van der Waals surface area contributed by atoms with E-state index in [1.807, 2.05) is 0 Å². The molecule has 16 heteroatoms. The van der Waals surface area contributed by atoms with Crippen molar-refractivity contribution in [2.24, 2.45) is 11.8 Å². The van der Waals surface area contributed by atoms with Crippen molar-refractivity contribution in [2.75, 3.05) is 35.2 Å². The van der Waals surface area contributed by atoms with Crippen LogP contribution in [0.25, 0.3) is 0 Å². The molecule has 0 spiro atoms. The van der Waals surface area contributed by atoms with Crippen LogP contribution in [0.15, 0.2) is 12.1 Å². The van der Waals surface area contributed by atoms with Gasteiger partial charge in [-0.15, -0.1) is 0 Å². The predicted octanol–water partition coefficient (Wildman–Crippen LogP) is 3.55. The fraction of sp³-hybridized carbons (Fsp3) is 0.590. The topological polar surface area (TPSA) is 200 Å². The summed E-state index contributed by atoms with van der Waals surface area (Å²) in [5.41, 5.74) is 9.41. The lowest BCUT2D eigenvalue weighted by Gasteiger charge is -2.25. The van der Waals surface area contributed by atoms with Crippen LogP contribution in [0.3, 0.4) is 0 Å². The van der Waals surface area contributed by atoms with E-state index in [0.717, 1.165) is 85.6 Å². The maximum Gasteiger partial charge on any atom is 0.332 e. The van der Waals surface area contributed by atoms with E-state index in [0.29, 0.717) is 50.1 Å². The number of carbonyl (C=O) groups excluding carboxylic acids is 4. The normalized spacial score (nSPS) is 23.0. The molecule has 1 saturated carbocycles. The molecular weight excluding hydrogens is 745 g/mol. The second-order valence-electron chi connectivity index (χ2n) is 16.7. The van der Waals surface area contributed by atoms with Crippen LogP contribution < -0.4 is 25.4 Å². The first-order valence-electron chi connectivity index (χ1n) is 19.6. The molecule has 14 nitrogen and oxygen atoms in total. The third-order valence-electron chi connectivity index (χ3n) is 12.7. The van der Waals surface area contributed by atoms with E-state index in [9.17, 15) is 36.0 Å². The van der Waals surface area contributed by atoms with E-state index in [1.165, 1.54) is 30.5 Å². The van der Waals surface area contributed by atoms with E-state index in [1.54, 1.807) is 4.90 Å². The Morgan fingerprint density at radius 2 is 1.38 bits per heavy atom. The molecule has 6 aliphatic rings. The number of urea groups is 2. The van der Waals surface area contributed by atoms with Crippen LogP contribution in [0.4, 0.5) is 21.0 Å². The van der Waals surface area contributed by atoms with E-state index in [2.05, 4.69) is 37.5 Å². The molecule has 2 aromatic rings. The van der Waals surface area contributed by atoms with Crippen LogP contribution >= 0.6 is 0 Å². The van der Waals surface area contributed by atoms with Crippen LogP contribution in [0.1, 0.15) is 103 Å². The molecule has 1 heterocycles. The van der Waals surface area contributed by atoms with Crippen molar-refractivity contribution < 1.29 is 36.0 Å². The zero-order valence-electron chi connectivity index (χ0n) is 31.4. The molecule has 1 aliphatic heterocycles. The number of benzene rings is 2. The highest BCUT2D eigenvalue weighted by Gasteiger charge is 2.47. The summed E-state index contributed by atoms with van der Waals surface area (Å²) >= 11 is 0. The highest BCUT2D eigenvalue weighted by molar-refractivity contribution is 7.90. The summed E-state index contributed by atoms with van der Waals surface area (Å²) < 4.78 is 56.8. The lowest BCUT2D eigenvalue weighted by molar-refractivity contribution is -0.127. The molecule has 3 atom stereocenters. The van der Waals surface area contributed by atoms with Crippen molar-refractivity contribution in [3.05, 3.63) is 56.6 Å². The Bertz CT molecular complexity index is 2220. The summed E-state index contributed by atoms with van der Waals surface area (Å²) in [6.07, 6.45) is 10.0. The van der Waals surface area contributed by atoms with Gasteiger partial charge in [0, 0.05) is 38.3 Å². The standard InChI is InChI=1S/C39H50N6O8S2/c1-22(46)42-39(12-13-39)21-55(52,53)44-38(49)41-36-32-8-4-5-25(32)15-27-9-10-30(34(27)36)29-17-28-16-26-6-3-7-31(26)35(33(28)18-29)40-37(48)43-54(50,51)20-24-11-14-45(19-24)23(2)47/h15-16,24,29-30H,3-14,17-21H2,1-2H3,(H,42,46)(H2,40,43,48)(H2,41,44,49). The number of hydrogen-bond acceptors (Lipinski definition) is 8. The number of carbonyl (C=O) groups is 4. The van der Waals surface area contributed by atoms with Gasteiger partial charge in [0.05, 0.1) is 17.0 Å². The SMILES string of the molecule is CC(=O)NC1(CS(=O)(=O)NC(=O)Nc2c3c(cc4c2C(C2Cc5cc6c(c(NC(=O)NS(=O)(=O)CC7CCN(C(C)=O)C7)c5C2)CCC6)CC4)CCC3)CC1. The largest absolute Gasteiger partial charge is 0.350 e. The van der Waals surface area contributed by atoms with Crippen molar-refractivity contribution in [1.29, 1.82) is 0 Å². The van der Waals surface area contributed by atoms with Gasteiger partial charge in [-0.2, -0.15) is 0 Å². The number of amides is 6. The van der Waals surface area contributed by atoms with Crippen molar-refractivity contribution in [3.63, 3.8) is 0 Å². The van der Waals surface area contributed by atoms with Gasteiger partial charge in [0.25, 0.3) is 0 Å². The summed E-state index contributed by atoms with van der Waals surface area (Å²) in [5, 5.41) is 8.68. The highest BCUT2D eigenvalue weighted by Crippen LogP contribution is 2.52. The van der Waals surface area contributed by atoms with E-state index in [4.69, 9.17) is 0 Å². The number of rotatable bonds is 10. The van der Waals surface area contributed by atoms with E-state index >= 15 is 0 Å². The van der Waals surface area contributed by atoms with Crippen LogP contribution in [0, 0.1) is 11.8 Å². The maximum absolute atomic E-state index is 13.5. The van der Waals surface area contributed by atoms with Crippen LogP contribution in [-0.4, -0.2) is 75.7 Å². The Balaban J connectivity index is 1.01. The van der Waals surface area contributed by atoms with Crippen LogP contribution in [0.2, 0.25) is 0 Å². The average Bonchev–Trinajstić information content (AvgIpc) is 3.74. The predicted molar refractivity (Wildman–Crippen MR) is 207 cm³/mol. The summed E-state index contributed by atoms with van der Waals surface area (Å²) in [4.78, 5) is 51.9. The zero-order chi connectivity index (χ0) is 38.9. The molecule has 2 aromatic carbocycles. The Morgan fingerprint density at radius 3 is 2.02 bits per heavy atom. The highest BCUT2D eigenvalue weighted by atomic mass is 32.2. The second-order valence-corrected chi connectivity index (χ2v) is 20.2. The quantitative estimate of drug-likeness (QED) is 0.241. The van der Waals surface area contributed by atoms with Gasteiger partial charge in [-0.3, -0.25) is 9.59 Å². The number of nitrogens with one attached hydrogen (secondary N) is 5. The number of nitrogens with zero attached hydrogens (tertiary/aromatic N) is 1. The third-order valence-corrected chi connectivity index (χ3v) is 15.5. The Kier molecular flexibility index (Phi) is 9.66. The fourth-order valence-corrected chi connectivity index (χ4v) is 13.0. The molecule has 0 radical (unpaired) electrons. The molecule has 5 N–H and O–H groups in total. The fourth-order valence-electron chi connectivity index (χ4n) is 10.2. The zero-order valence-corrected chi connectivity index (χ0v) is 33.1. The van der Waals surface area contributed by atoms with Crippen LogP contribution in [0.5, 0.6) is 0 Å². The van der Waals surface area contributed by atoms with Gasteiger partial charge in [-0.1, -0.05) is 12.1 Å². The molecule has 3 unspecified atom stereocenters. The molecule has 55 heavy (non-hydrogen) atoms. The molecule has 6 amide bonds. The lowest BCUT2D eigenvalue weighted by Crippen LogP contribution is -2.46. The van der Waals surface area contributed by atoms with Gasteiger partial charge in [0.1, 0.15) is 0 Å². The van der Waals surface area contributed by atoms with Gasteiger partial charge in [-0.05, 0) is 146 Å². The number of anilines is 2. The smallest absolute Gasteiger partial charge is 0.332 e. The monoisotopic (exact) mass is 794 g/mol. The van der Waals surface area contributed by atoms with Gasteiger partial charge in [0.15, 0.2) is 0 Å². The second kappa shape index (κ2) is 14.1. The lowest BCUT2D eigenvalue weighted by atomic mass is 9.83. The Morgan fingerprint density at radius 1 is 0.745 bits per heavy atom. The first-order valence-corrected chi connectivity index (χ1v) is 22.9. The average molecular weight is 795 g/mol. The molecule has 5 aliphatic carbocycles. The molecule has 1 saturated heterocycles. The first-order chi connectivity index (χ1) is 26.1. The van der Waals surface area contributed by atoms with Gasteiger partial charge >= 0.3 is 12.1 Å². The van der Waals surface area contributed by atoms with Crippen molar-refractivity contribution in [3.8, 4) is 0 Å². The minimum atomic E-state index is -4.05. The molecule has 0 bridgehead atoms. The summed E-state index contributed by atoms with van der Waals surface area (Å²) in [6.45, 7) is 3.68.